The standard InChI is InChI=1S/C20H34O9.C16H28O7.C11H20O4.18CH4/c1-8-18(3,16(25)28-7)10-20(5,15(23)24)11-19(4,17(26)29-12-21)9-13(2)14(22)27-6;1-7-15(4,13(21)22-6)9-16(5,11(18)19)8-14(2,3)12(20)23-10-17;1-6-11(4,9(14)15-5)7-10(2,3)8(12)13;;;;;;;;;;;;;;;;;;/h13,21H,8-12H2,1-7H3,(H,23,24);17H,7-10H2,1-6H3,(H,18,19);6-7H2,1-5H3,(H,12,13);18*1H4. The molecule has 0 amide bonds. The highest BCUT2D eigenvalue weighted by molar-refractivity contribution is 5.84. The molecule has 7 atom stereocenters. The molecule has 0 aliphatic carbocycles. The van der Waals surface area contributed by atoms with Gasteiger partial charge < -0.3 is 54.0 Å². The molecule has 0 aromatic carbocycles. The Hall–Kier alpha value is -4.85. The monoisotopic (exact) mass is 1260 g/mol. The number of aliphatic hydroxyl groups excluding tert-OH is 2. The van der Waals surface area contributed by atoms with E-state index in [4.69, 9.17) is 39.0 Å². The van der Waals surface area contributed by atoms with Crippen molar-refractivity contribution in [2.24, 2.45) is 49.2 Å². The third-order valence-electron chi connectivity index (χ3n) is 12.8. The molecule has 7 unspecified atom stereocenters. The van der Waals surface area contributed by atoms with Gasteiger partial charge in [0.25, 0.3) is 0 Å². The molecule has 5 N–H and O–H groups in total. The second-order valence-electron chi connectivity index (χ2n) is 20.2. The maximum Gasteiger partial charge on any atom is 0.313 e. The maximum atomic E-state index is 12.6. The second-order valence-corrected chi connectivity index (χ2v) is 20.2. The lowest BCUT2D eigenvalue weighted by atomic mass is 9.63. The van der Waals surface area contributed by atoms with E-state index in [-0.39, 0.29) is 178 Å². The summed E-state index contributed by atoms with van der Waals surface area (Å²) in [5.41, 5.74) is -9.10. The lowest BCUT2D eigenvalue weighted by Gasteiger charge is -2.40. The van der Waals surface area contributed by atoms with Crippen LogP contribution < -0.4 is 0 Å². The molecule has 0 saturated carbocycles. The summed E-state index contributed by atoms with van der Waals surface area (Å²) in [5.74, 6) is -7.38. The number of carboxylic acids is 3. The quantitative estimate of drug-likeness (QED) is 0.0305. The molecule has 0 radical (unpaired) electrons. The van der Waals surface area contributed by atoms with Crippen LogP contribution in [0, 0.1) is 49.2 Å². The Labute approximate surface area is 528 Å². The molecule has 0 fully saturated rings. The van der Waals surface area contributed by atoms with Crippen LogP contribution in [0.15, 0.2) is 0 Å². The summed E-state index contributed by atoms with van der Waals surface area (Å²) in [6.45, 7) is 21.1. The van der Waals surface area contributed by atoms with Crippen molar-refractivity contribution in [1.82, 2.24) is 0 Å². The minimum Gasteiger partial charge on any atom is -0.481 e. The minimum atomic E-state index is -1.52. The van der Waals surface area contributed by atoms with Crippen molar-refractivity contribution in [3.05, 3.63) is 0 Å². The van der Waals surface area contributed by atoms with Gasteiger partial charge in [-0.05, 0) is 127 Å². The van der Waals surface area contributed by atoms with Gasteiger partial charge in [-0.15, -0.1) is 0 Å². The summed E-state index contributed by atoms with van der Waals surface area (Å²) >= 11 is 0. The van der Waals surface area contributed by atoms with Gasteiger partial charge >= 0.3 is 53.7 Å². The molecule has 534 valence electrons. The number of carboxylic acid groups (broad SMARTS) is 3. The largest absolute Gasteiger partial charge is 0.481 e. The first-order chi connectivity index (χ1) is 30.3. The molecule has 0 bridgehead atoms. The number of rotatable bonds is 26. The van der Waals surface area contributed by atoms with E-state index in [0.717, 1.165) is 0 Å². The van der Waals surface area contributed by atoms with Gasteiger partial charge in [-0.25, -0.2) is 0 Å². The van der Waals surface area contributed by atoms with E-state index >= 15 is 0 Å². The van der Waals surface area contributed by atoms with Gasteiger partial charge in [-0.3, -0.25) is 43.2 Å². The number of carbonyl (C=O) groups excluding carboxylic acids is 6. The van der Waals surface area contributed by atoms with Crippen molar-refractivity contribution in [3.63, 3.8) is 0 Å². The Morgan fingerprint density at radius 3 is 0.788 bits per heavy atom. The third-order valence-corrected chi connectivity index (χ3v) is 12.8. The highest BCUT2D eigenvalue weighted by Crippen LogP contribution is 2.48. The number of carbonyl (C=O) groups is 9. The molecule has 0 aromatic heterocycles. The number of aliphatic carboxylic acids is 3. The summed E-state index contributed by atoms with van der Waals surface area (Å²) < 4.78 is 28.4. The summed E-state index contributed by atoms with van der Waals surface area (Å²) in [4.78, 5) is 107. The first kappa shape index (κ1) is 144. The van der Waals surface area contributed by atoms with E-state index in [0.29, 0.717) is 19.3 Å². The van der Waals surface area contributed by atoms with Gasteiger partial charge in [0.15, 0.2) is 13.6 Å². The smallest absolute Gasteiger partial charge is 0.313 e. The Morgan fingerprint density at radius 2 is 0.565 bits per heavy atom. The average Bonchev–Trinajstić information content (AvgIpc) is 3.24. The van der Waals surface area contributed by atoms with Gasteiger partial charge in [0, 0.05) is 0 Å². The molecule has 0 spiro atoms. The van der Waals surface area contributed by atoms with Crippen molar-refractivity contribution in [2.75, 3.05) is 42.0 Å². The number of hydrogen-bond donors (Lipinski definition) is 5. The molecule has 0 rings (SSSR count). The maximum absolute atomic E-state index is 12.6. The molecule has 0 heterocycles. The predicted molar refractivity (Wildman–Crippen MR) is 362 cm³/mol. The van der Waals surface area contributed by atoms with Crippen LogP contribution in [0.25, 0.3) is 0 Å². The van der Waals surface area contributed by atoms with Crippen LogP contribution in [0.2, 0.25) is 0 Å². The van der Waals surface area contributed by atoms with E-state index < -0.39 is 111 Å². The number of methoxy groups -OCH3 is 4. The van der Waals surface area contributed by atoms with Gasteiger partial charge in [-0.2, -0.15) is 0 Å². The van der Waals surface area contributed by atoms with E-state index in [9.17, 15) is 53.4 Å². The van der Waals surface area contributed by atoms with Crippen LogP contribution in [0.3, 0.4) is 0 Å². The molecule has 20 heteroatoms. The van der Waals surface area contributed by atoms with Gasteiger partial charge in [-0.1, -0.05) is 161 Å². The lowest BCUT2D eigenvalue weighted by Crippen LogP contribution is -2.45. The van der Waals surface area contributed by atoms with Crippen LogP contribution in [0.5, 0.6) is 0 Å². The van der Waals surface area contributed by atoms with Crippen molar-refractivity contribution < 1.29 is 97.1 Å². The number of esters is 6. The van der Waals surface area contributed by atoms with Crippen LogP contribution >= 0.6 is 0 Å². The third kappa shape index (κ3) is 42.6. The van der Waals surface area contributed by atoms with Gasteiger partial charge in [0.05, 0.1) is 77.7 Å². The fourth-order valence-corrected chi connectivity index (χ4v) is 8.55. The Morgan fingerprint density at radius 1 is 0.329 bits per heavy atom. The second kappa shape index (κ2) is 59.5. The molecule has 0 aliphatic rings. The number of aliphatic hydroxyl groups is 2. The molecule has 0 aliphatic heterocycles. The zero-order valence-corrected chi connectivity index (χ0v) is 43.2. The fraction of sp³-hybridized carbons (Fsp3) is 0.862. The van der Waals surface area contributed by atoms with E-state index in [1.807, 2.05) is 6.92 Å². The van der Waals surface area contributed by atoms with Gasteiger partial charge in [0.2, 0.25) is 0 Å². The average molecular weight is 1260 g/mol. The minimum absolute atomic E-state index is 0. The van der Waals surface area contributed by atoms with Crippen molar-refractivity contribution in [3.8, 4) is 0 Å². The SMILES string of the molecule is C.C.C.C.C.C.C.C.C.C.C.C.C.C.C.C.C.C.CCC(C)(CC(C)(C)C(=O)O)C(=O)OC.CCC(C)(CC(C)(CC(C)(C)C(=O)OCO)C(=O)O)C(=O)OC.CCC(C)(CC(C)(CC(C)(CC(C)C(=O)OC)C(=O)OCO)C(=O)O)C(=O)OC. The highest BCUT2D eigenvalue weighted by Gasteiger charge is 2.52. The lowest BCUT2D eigenvalue weighted by molar-refractivity contribution is -0.172. The van der Waals surface area contributed by atoms with Crippen LogP contribution in [0.4, 0.5) is 0 Å². The predicted octanol–water partition coefficient (Wildman–Crippen LogP) is 17.6. The zero-order chi connectivity index (χ0) is 53.8. The molecule has 0 saturated heterocycles. The van der Waals surface area contributed by atoms with Crippen molar-refractivity contribution >= 4 is 53.7 Å². The first-order valence-electron chi connectivity index (χ1n) is 21.9. The number of hydrogen-bond acceptors (Lipinski definition) is 17. The Kier molecular flexibility index (Phi) is 100. The molecule has 0 aromatic rings. The van der Waals surface area contributed by atoms with E-state index in [2.05, 4.69) is 4.74 Å². The zero-order valence-electron chi connectivity index (χ0n) is 43.2. The van der Waals surface area contributed by atoms with Crippen molar-refractivity contribution in [1.29, 1.82) is 0 Å². The summed E-state index contributed by atoms with van der Waals surface area (Å²) in [6, 6.07) is 0. The molecule has 20 nitrogen and oxygen atoms in total. The van der Waals surface area contributed by atoms with Crippen molar-refractivity contribution in [2.45, 2.75) is 288 Å². The topological polar surface area (TPSA) is 310 Å². The molecular weight excluding hydrogens is 1100 g/mol. The fourth-order valence-electron chi connectivity index (χ4n) is 8.55. The summed E-state index contributed by atoms with van der Waals surface area (Å²) in [7, 11) is 5.03. The summed E-state index contributed by atoms with van der Waals surface area (Å²) in [6.07, 6.45) is 1.20. The molecular formula is C65H154O20. The Bertz CT molecular complexity index is 1710. The van der Waals surface area contributed by atoms with E-state index in [1.165, 1.54) is 49.2 Å². The highest BCUT2D eigenvalue weighted by atomic mass is 16.6. The van der Waals surface area contributed by atoms with Crippen LogP contribution in [-0.2, 0) is 71.6 Å². The molecule has 85 heavy (non-hydrogen) atoms. The van der Waals surface area contributed by atoms with Crippen LogP contribution in [-0.4, -0.2) is 121 Å². The van der Waals surface area contributed by atoms with Gasteiger partial charge in [0.1, 0.15) is 0 Å². The first-order valence-corrected chi connectivity index (χ1v) is 21.9. The van der Waals surface area contributed by atoms with Crippen LogP contribution in [0.1, 0.15) is 288 Å². The summed E-state index contributed by atoms with van der Waals surface area (Å²) in [5, 5.41) is 46.4. The van der Waals surface area contributed by atoms with E-state index in [1.54, 1.807) is 69.2 Å². The normalized spacial score (nSPS) is 13.6. The Balaban J connectivity index is -0.0000000355. The number of ether oxygens (including phenoxy) is 6.